The number of likely N-dealkylation sites (tertiary alicyclic amines) is 1. The van der Waals surface area contributed by atoms with Gasteiger partial charge >= 0.3 is 6.03 Å². The Morgan fingerprint density at radius 2 is 1.94 bits per heavy atom. The molecule has 1 aliphatic heterocycles. The van der Waals surface area contributed by atoms with Gasteiger partial charge in [0.05, 0.1) is 6.54 Å². The molecular weight excluding hydrogens is 208 g/mol. The minimum absolute atomic E-state index is 0.248. The van der Waals surface area contributed by atoms with Crippen molar-refractivity contribution in [1.82, 2.24) is 10.2 Å². The summed E-state index contributed by atoms with van der Waals surface area (Å²) in [6, 6.07) is -0.789. The number of hydrogen-bond donors (Lipinski definition) is 3. The fourth-order valence-corrected chi connectivity index (χ4v) is 2.05. The van der Waals surface area contributed by atoms with Crippen molar-refractivity contribution in [1.29, 1.82) is 0 Å². The fourth-order valence-electron chi connectivity index (χ4n) is 2.05. The second-order valence-corrected chi connectivity index (χ2v) is 4.21. The van der Waals surface area contributed by atoms with E-state index in [1.807, 2.05) is 4.90 Å². The van der Waals surface area contributed by atoms with Crippen LogP contribution in [-0.4, -0.2) is 43.0 Å². The van der Waals surface area contributed by atoms with Crippen molar-refractivity contribution in [2.75, 3.05) is 26.2 Å². The zero-order valence-electron chi connectivity index (χ0n) is 9.45. The average Bonchev–Trinajstić information content (AvgIpc) is 2.20. The summed E-state index contributed by atoms with van der Waals surface area (Å²) in [7, 11) is 0. The lowest BCUT2D eigenvalue weighted by Gasteiger charge is -2.31. The summed E-state index contributed by atoms with van der Waals surface area (Å²) in [5.41, 5.74) is 10.4. The topological polar surface area (TPSA) is 101 Å². The number of amides is 3. The van der Waals surface area contributed by atoms with Gasteiger partial charge in [0.1, 0.15) is 0 Å². The van der Waals surface area contributed by atoms with E-state index in [0.717, 1.165) is 38.9 Å². The molecule has 1 fully saturated rings. The Hall–Kier alpha value is -1.14. The SMILES string of the molecule is NCCC1CCN(CC(=O)NC(N)=O)CC1. The van der Waals surface area contributed by atoms with E-state index >= 15 is 0 Å². The molecule has 1 aliphatic rings. The van der Waals surface area contributed by atoms with Gasteiger partial charge in [-0.25, -0.2) is 4.79 Å². The highest BCUT2D eigenvalue weighted by Gasteiger charge is 2.20. The van der Waals surface area contributed by atoms with E-state index in [2.05, 4.69) is 5.32 Å². The molecule has 3 amide bonds. The van der Waals surface area contributed by atoms with Gasteiger partial charge in [0, 0.05) is 0 Å². The van der Waals surface area contributed by atoms with Gasteiger partial charge in [-0.1, -0.05) is 0 Å². The number of hydrogen-bond acceptors (Lipinski definition) is 4. The first-order chi connectivity index (χ1) is 7.61. The van der Waals surface area contributed by atoms with Crippen LogP contribution >= 0.6 is 0 Å². The Kier molecular flexibility index (Phi) is 5.21. The molecule has 92 valence electrons. The van der Waals surface area contributed by atoms with Crippen LogP contribution in [0.3, 0.4) is 0 Å². The second kappa shape index (κ2) is 6.44. The molecule has 0 radical (unpaired) electrons. The Morgan fingerprint density at radius 3 is 2.44 bits per heavy atom. The first-order valence-electron chi connectivity index (χ1n) is 5.63. The van der Waals surface area contributed by atoms with Gasteiger partial charge in [-0.2, -0.15) is 0 Å². The highest BCUT2D eigenvalue weighted by atomic mass is 16.2. The van der Waals surface area contributed by atoms with Crippen molar-refractivity contribution in [3.8, 4) is 0 Å². The van der Waals surface area contributed by atoms with Crippen LogP contribution in [-0.2, 0) is 4.79 Å². The number of carbonyl (C=O) groups excluding carboxylic acids is 2. The Balaban J connectivity index is 2.21. The molecule has 0 atom stereocenters. The van der Waals surface area contributed by atoms with Gasteiger partial charge in [-0.15, -0.1) is 0 Å². The van der Waals surface area contributed by atoms with Crippen molar-refractivity contribution < 1.29 is 9.59 Å². The molecule has 1 heterocycles. The van der Waals surface area contributed by atoms with Gasteiger partial charge in [0.25, 0.3) is 0 Å². The molecule has 0 aromatic rings. The molecule has 0 bridgehead atoms. The van der Waals surface area contributed by atoms with Crippen LogP contribution < -0.4 is 16.8 Å². The molecule has 0 saturated carbocycles. The zero-order valence-corrected chi connectivity index (χ0v) is 9.45. The maximum absolute atomic E-state index is 11.3. The maximum Gasteiger partial charge on any atom is 0.318 e. The molecule has 0 aliphatic carbocycles. The van der Waals surface area contributed by atoms with Crippen molar-refractivity contribution in [2.24, 2.45) is 17.4 Å². The predicted molar refractivity (Wildman–Crippen MR) is 60.6 cm³/mol. The van der Waals surface area contributed by atoms with Crippen LogP contribution in [0.15, 0.2) is 0 Å². The summed E-state index contributed by atoms with van der Waals surface area (Å²) in [5.74, 6) is 0.352. The van der Waals surface area contributed by atoms with Gasteiger partial charge < -0.3 is 11.5 Å². The lowest BCUT2D eigenvalue weighted by molar-refractivity contribution is -0.121. The molecule has 0 spiro atoms. The minimum atomic E-state index is -0.789. The van der Waals surface area contributed by atoms with Crippen LogP contribution in [0.5, 0.6) is 0 Å². The highest BCUT2D eigenvalue weighted by Crippen LogP contribution is 2.19. The van der Waals surface area contributed by atoms with E-state index < -0.39 is 6.03 Å². The Labute approximate surface area is 95.3 Å². The molecule has 16 heavy (non-hydrogen) atoms. The normalized spacial score (nSPS) is 18.3. The third kappa shape index (κ3) is 4.59. The van der Waals surface area contributed by atoms with Crippen LogP contribution in [0.25, 0.3) is 0 Å². The molecule has 6 heteroatoms. The molecule has 5 N–H and O–H groups in total. The zero-order chi connectivity index (χ0) is 12.0. The number of imide groups is 1. The molecule has 0 aromatic heterocycles. The molecule has 0 unspecified atom stereocenters. The fraction of sp³-hybridized carbons (Fsp3) is 0.800. The van der Waals surface area contributed by atoms with Gasteiger partial charge in [-0.05, 0) is 44.8 Å². The lowest BCUT2D eigenvalue weighted by Crippen LogP contribution is -2.44. The van der Waals surface area contributed by atoms with Crippen LogP contribution in [0.2, 0.25) is 0 Å². The maximum atomic E-state index is 11.3. The number of nitrogens with one attached hydrogen (secondary N) is 1. The summed E-state index contributed by atoms with van der Waals surface area (Å²) < 4.78 is 0. The minimum Gasteiger partial charge on any atom is -0.351 e. The van der Waals surface area contributed by atoms with Crippen LogP contribution in [0, 0.1) is 5.92 Å². The summed E-state index contributed by atoms with van der Waals surface area (Å²) in [4.78, 5) is 23.7. The third-order valence-electron chi connectivity index (χ3n) is 2.91. The molecule has 6 nitrogen and oxygen atoms in total. The van der Waals surface area contributed by atoms with Gasteiger partial charge in [0.15, 0.2) is 0 Å². The number of nitrogens with two attached hydrogens (primary N) is 2. The number of urea groups is 1. The summed E-state index contributed by atoms with van der Waals surface area (Å²) in [6.45, 7) is 2.75. The Morgan fingerprint density at radius 1 is 1.31 bits per heavy atom. The van der Waals surface area contributed by atoms with E-state index in [-0.39, 0.29) is 12.5 Å². The molecule has 1 saturated heterocycles. The molecule has 1 rings (SSSR count). The predicted octanol–water partition coefficient (Wildman–Crippen LogP) is -0.758. The van der Waals surface area contributed by atoms with Crippen LogP contribution in [0.4, 0.5) is 4.79 Å². The lowest BCUT2D eigenvalue weighted by atomic mass is 9.94. The van der Waals surface area contributed by atoms with Crippen molar-refractivity contribution in [3.05, 3.63) is 0 Å². The number of piperidine rings is 1. The number of nitrogens with zero attached hydrogens (tertiary/aromatic N) is 1. The molecular formula is C10H20N4O2. The van der Waals surface area contributed by atoms with Crippen molar-refractivity contribution in [3.63, 3.8) is 0 Å². The van der Waals surface area contributed by atoms with Crippen molar-refractivity contribution in [2.45, 2.75) is 19.3 Å². The van der Waals surface area contributed by atoms with E-state index in [1.54, 1.807) is 0 Å². The largest absolute Gasteiger partial charge is 0.351 e. The highest BCUT2D eigenvalue weighted by molar-refractivity contribution is 5.94. The standard InChI is InChI=1S/C10H20N4O2/c11-4-1-8-2-5-14(6-3-8)7-9(15)13-10(12)16/h8H,1-7,11H2,(H3,12,13,15,16). The van der Waals surface area contributed by atoms with Gasteiger partial charge in [-0.3, -0.25) is 15.0 Å². The summed E-state index contributed by atoms with van der Waals surface area (Å²) in [5, 5.41) is 2.06. The first-order valence-corrected chi connectivity index (χ1v) is 5.63. The summed E-state index contributed by atoms with van der Waals surface area (Å²) >= 11 is 0. The smallest absolute Gasteiger partial charge is 0.318 e. The monoisotopic (exact) mass is 228 g/mol. The number of rotatable bonds is 4. The first kappa shape index (κ1) is 12.9. The number of primary amides is 1. The second-order valence-electron chi connectivity index (χ2n) is 4.21. The van der Waals surface area contributed by atoms with Crippen LogP contribution in [0.1, 0.15) is 19.3 Å². The van der Waals surface area contributed by atoms with Crippen molar-refractivity contribution >= 4 is 11.9 Å². The quantitative estimate of drug-likeness (QED) is 0.588. The Bertz CT molecular complexity index is 249. The van der Waals surface area contributed by atoms with E-state index in [4.69, 9.17) is 11.5 Å². The number of carbonyl (C=O) groups is 2. The summed E-state index contributed by atoms with van der Waals surface area (Å²) in [6.07, 6.45) is 3.20. The average molecular weight is 228 g/mol. The van der Waals surface area contributed by atoms with Gasteiger partial charge in [0.2, 0.25) is 5.91 Å². The van der Waals surface area contributed by atoms with E-state index in [9.17, 15) is 9.59 Å². The van der Waals surface area contributed by atoms with E-state index in [1.165, 1.54) is 0 Å². The molecule has 0 aromatic carbocycles. The third-order valence-corrected chi connectivity index (χ3v) is 2.91. The van der Waals surface area contributed by atoms with E-state index in [0.29, 0.717) is 5.92 Å².